The summed E-state index contributed by atoms with van der Waals surface area (Å²) in [5.74, 6) is 0.922. The molecule has 0 saturated heterocycles. The second-order valence-electron chi connectivity index (χ2n) is 6.04. The molecule has 120 valence electrons. The van der Waals surface area contributed by atoms with Gasteiger partial charge in [0.2, 0.25) is 5.91 Å². The lowest BCUT2D eigenvalue weighted by Gasteiger charge is -2.15. The Morgan fingerprint density at radius 3 is 2.61 bits per heavy atom. The van der Waals surface area contributed by atoms with Gasteiger partial charge in [-0.05, 0) is 18.8 Å². The molecule has 0 spiro atoms. The lowest BCUT2D eigenvalue weighted by atomic mass is 10.1. The number of benzene rings is 1. The van der Waals surface area contributed by atoms with E-state index in [0.717, 1.165) is 12.0 Å². The van der Waals surface area contributed by atoms with E-state index in [4.69, 9.17) is 0 Å². The van der Waals surface area contributed by atoms with Gasteiger partial charge in [-0.25, -0.2) is 0 Å². The number of carbonyl (C=O) groups excluding carboxylic acids is 1. The smallest absolute Gasteiger partial charge is 0.275 e. The highest BCUT2D eigenvalue weighted by Crippen LogP contribution is 2.38. The Kier molecular flexibility index (Phi) is 4.23. The van der Waals surface area contributed by atoms with E-state index in [0.29, 0.717) is 18.2 Å². The van der Waals surface area contributed by atoms with Crippen molar-refractivity contribution in [3.05, 3.63) is 46.4 Å². The van der Waals surface area contributed by atoms with Crippen LogP contribution in [0.1, 0.15) is 38.4 Å². The first-order valence-corrected chi connectivity index (χ1v) is 7.92. The predicted octanol–water partition coefficient (Wildman–Crippen LogP) is 2.06. The number of rotatable bonds is 5. The summed E-state index contributed by atoms with van der Waals surface area (Å²) >= 11 is 0. The Balaban J connectivity index is 1.81. The minimum Gasteiger partial charge on any atom is -0.347 e. The van der Waals surface area contributed by atoms with E-state index in [2.05, 4.69) is 20.5 Å². The normalized spacial score (nSPS) is 20.8. The zero-order valence-corrected chi connectivity index (χ0v) is 13.2. The van der Waals surface area contributed by atoms with Gasteiger partial charge in [-0.1, -0.05) is 44.2 Å². The molecule has 6 nitrogen and oxygen atoms in total. The molecule has 1 aliphatic rings. The van der Waals surface area contributed by atoms with Crippen LogP contribution in [0.25, 0.3) is 11.4 Å². The van der Waals surface area contributed by atoms with E-state index in [1.165, 1.54) is 0 Å². The van der Waals surface area contributed by atoms with E-state index in [1.807, 2.05) is 44.2 Å². The highest BCUT2D eigenvalue weighted by Gasteiger charge is 2.40. The van der Waals surface area contributed by atoms with Crippen LogP contribution in [-0.2, 0) is 4.79 Å². The number of hydrogen-bond donors (Lipinski definition) is 2. The van der Waals surface area contributed by atoms with Gasteiger partial charge in [0, 0.05) is 11.5 Å². The van der Waals surface area contributed by atoms with Crippen LogP contribution < -0.4 is 10.9 Å². The minimum absolute atomic E-state index is 0.00214. The van der Waals surface area contributed by atoms with Crippen molar-refractivity contribution in [2.45, 2.75) is 32.7 Å². The van der Waals surface area contributed by atoms with E-state index < -0.39 is 6.04 Å². The van der Waals surface area contributed by atoms with E-state index >= 15 is 0 Å². The molecule has 3 unspecified atom stereocenters. The number of aromatic amines is 1. The molecule has 1 heterocycles. The zero-order valence-electron chi connectivity index (χ0n) is 13.2. The van der Waals surface area contributed by atoms with Gasteiger partial charge in [0.1, 0.15) is 0 Å². The van der Waals surface area contributed by atoms with Gasteiger partial charge < -0.3 is 10.3 Å². The summed E-state index contributed by atoms with van der Waals surface area (Å²) in [5.41, 5.74) is 0.747. The Morgan fingerprint density at radius 2 is 2.04 bits per heavy atom. The molecular formula is C17H20N4O2. The van der Waals surface area contributed by atoms with Crippen LogP contribution in [0.3, 0.4) is 0 Å². The Labute approximate surface area is 134 Å². The molecule has 2 aromatic rings. The summed E-state index contributed by atoms with van der Waals surface area (Å²) in [5, 5.41) is 11.1. The van der Waals surface area contributed by atoms with Crippen molar-refractivity contribution in [1.29, 1.82) is 0 Å². The number of carbonyl (C=O) groups is 1. The van der Waals surface area contributed by atoms with Gasteiger partial charge in [0.15, 0.2) is 11.5 Å². The number of nitrogens with one attached hydrogen (secondary N) is 2. The quantitative estimate of drug-likeness (QED) is 0.884. The second-order valence-corrected chi connectivity index (χ2v) is 6.04. The highest BCUT2D eigenvalue weighted by atomic mass is 16.2. The largest absolute Gasteiger partial charge is 0.347 e. The first-order chi connectivity index (χ1) is 11.1. The Bertz CT molecular complexity index is 757. The van der Waals surface area contributed by atoms with Gasteiger partial charge in [-0.15, -0.1) is 10.2 Å². The van der Waals surface area contributed by atoms with E-state index in [1.54, 1.807) is 0 Å². The fraction of sp³-hybridized carbons (Fsp3) is 0.412. The summed E-state index contributed by atoms with van der Waals surface area (Å²) in [6.45, 7) is 3.96. The SMILES string of the molecule is CCC(NC(=O)C1CC1C)c1nnc(-c2ccccc2)[nH]c1=O. The summed E-state index contributed by atoms with van der Waals surface area (Å²) in [6.07, 6.45) is 1.51. The van der Waals surface area contributed by atoms with Crippen molar-refractivity contribution in [3.8, 4) is 11.4 Å². The first kappa shape index (κ1) is 15.4. The van der Waals surface area contributed by atoms with Crippen molar-refractivity contribution in [2.24, 2.45) is 11.8 Å². The molecule has 1 aromatic carbocycles. The Hall–Kier alpha value is -2.50. The summed E-state index contributed by atoms with van der Waals surface area (Å²) < 4.78 is 0. The van der Waals surface area contributed by atoms with Crippen LogP contribution in [0, 0.1) is 11.8 Å². The standard InChI is InChI=1S/C17H20N4O2/c1-3-13(18-16(22)12-9-10(12)2)14-17(23)19-15(21-20-14)11-7-5-4-6-8-11/h4-8,10,12-13H,3,9H2,1-2H3,(H,18,22)(H,19,21,23). The van der Waals surface area contributed by atoms with Crippen LogP contribution in [0.2, 0.25) is 0 Å². The number of aromatic nitrogens is 3. The number of nitrogens with zero attached hydrogens (tertiary/aromatic N) is 2. The monoisotopic (exact) mass is 312 g/mol. The minimum atomic E-state index is -0.406. The van der Waals surface area contributed by atoms with Gasteiger partial charge in [-0.3, -0.25) is 9.59 Å². The van der Waals surface area contributed by atoms with Crippen molar-refractivity contribution in [3.63, 3.8) is 0 Å². The molecule has 1 amide bonds. The third kappa shape index (κ3) is 3.31. The van der Waals surface area contributed by atoms with Crippen LogP contribution in [-0.4, -0.2) is 21.1 Å². The van der Waals surface area contributed by atoms with Crippen LogP contribution in [0.15, 0.2) is 35.1 Å². The molecule has 23 heavy (non-hydrogen) atoms. The molecule has 2 N–H and O–H groups in total. The number of hydrogen-bond acceptors (Lipinski definition) is 4. The van der Waals surface area contributed by atoms with E-state index in [9.17, 15) is 9.59 Å². The van der Waals surface area contributed by atoms with Crippen molar-refractivity contribution in [2.75, 3.05) is 0 Å². The molecule has 1 saturated carbocycles. The van der Waals surface area contributed by atoms with Gasteiger partial charge in [0.05, 0.1) is 6.04 Å². The van der Waals surface area contributed by atoms with Crippen LogP contribution >= 0.6 is 0 Å². The summed E-state index contributed by atoms with van der Waals surface area (Å²) in [4.78, 5) is 27.2. The molecule has 1 fully saturated rings. The fourth-order valence-corrected chi connectivity index (χ4v) is 2.63. The highest BCUT2D eigenvalue weighted by molar-refractivity contribution is 5.81. The molecule has 0 bridgehead atoms. The predicted molar refractivity (Wildman–Crippen MR) is 86.5 cm³/mol. The summed E-state index contributed by atoms with van der Waals surface area (Å²) in [6, 6.07) is 8.94. The van der Waals surface area contributed by atoms with Crippen LogP contribution in [0.4, 0.5) is 0 Å². The molecule has 6 heteroatoms. The summed E-state index contributed by atoms with van der Waals surface area (Å²) in [7, 11) is 0. The van der Waals surface area contributed by atoms with Crippen molar-refractivity contribution in [1.82, 2.24) is 20.5 Å². The lowest BCUT2D eigenvalue weighted by molar-refractivity contribution is -0.123. The second kappa shape index (κ2) is 6.32. The molecule has 3 rings (SSSR count). The zero-order chi connectivity index (χ0) is 16.4. The maximum atomic E-state index is 12.3. The van der Waals surface area contributed by atoms with Gasteiger partial charge in [0.25, 0.3) is 5.56 Å². The third-order valence-corrected chi connectivity index (χ3v) is 4.27. The van der Waals surface area contributed by atoms with Gasteiger partial charge in [-0.2, -0.15) is 0 Å². The average molecular weight is 312 g/mol. The van der Waals surface area contributed by atoms with Gasteiger partial charge >= 0.3 is 0 Å². The molecule has 1 aromatic heterocycles. The van der Waals surface area contributed by atoms with E-state index in [-0.39, 0.29) is 23.1 Å². The first-order valence-electron chi connectivity index (χ1n) is 7.92. The molecule has 0 radical (unpaired) electrons. The topological polar surface area (TPSA) is 87.7 Å². The average Bonchev–Trinajstić information content (AvgIpc) is 3.30. The van der Waals surface area contributed by atoms with Crippen LogP contribution in [0.5, 0.6) is 0 Å². The third-order valence-electron chi connectivity index (χ3n) is 4.27. The maximum Gasteiger partial charge on any atom is 0.275 e. The molecule has 3 atom stereocenters. The fourth-order valence-electron chi connectivity index (χ4n) is 2.63. The molecule has 0 aliphatic heterocycles. The van der Waals surface area contributed by atoms with Crippen molar-refractivity contribution < 1.29 is 4.79 Å². The molecular weight excluding hydrogens is 292 g/mol. The Morgan fingerprint density at radius 1 is 1.35 bits per heavy atom. The molecule has 1 aliphatic carbocycles. The maximum absolute atomic E-state index is 12.3. The number of H-pyrrole nitrogens is 1. The van der Waals surface area contributed by atoms with Crippen molar-refractivity contribution >= 4 is 5.91 Å². The lowest BCUT2D eigenvalue weighted by Crippen LogP contribution is -2.34. The number of amides is 1.